The number of benzene rings is 1. The monoisotopic (exact) mass is 403 g/mol. The Morgan fingerprint density at radius 2 is 2.00 bits per heavy atom. The van der Waals surface area contributed by atoms with E-state index in [4.69, 9.17) is 21.1 Å². The first-order valence-electron chi connectivity index (χ1n) is 8.07. The van der Waals surface area contributed by atoms with E-state index in [-0.39, 0.29) is 28.7 Å². The first-order valence-corrected chi connectivity index (χ1v) is 8.45. The molecule has 1 aromatic carbocycles. The van der Waals surface area contributed by atoms with E-state index in [1.165, 1.54) is 32.4 Å². The minimum Gasteiger partial charge on any atom is -0.493 e. The van der Waals surface area contributed by atoms with Gasteiger partial charge in [-0.05, 0) is 43.7 Å². The number of hydrogen-bond acceptors (Lipinski definition) is 7. The van der Waals surface area contributed by atoms with Crippen LogP contribution < -0.4 is 9.47 Å². The molecule has 0 aliphatic heterocycles. The summed E-state index contributed by atoms with van der Waals surface area (Å²) in [5.41, 5.74) is 1.59. The summed E-state index contributed by atoms with van der Waals surface area (Å²) in [6.45, 7) is 3.13. The third-order valence-electron chi connectivity index (χ3n) is 3.68. The molecule has 0 spiro atoms. The van der Waals surface area contributed by atoms with Crippen LogP contribution in [0.2, 0.25) is 5.02 Å². The number of carbonyl (C=O) groups is 2. The van der Waals surface area contributed by atoms with Crippen LogP contribution in [0.4, 0.5) is 0 Å². The van der Waals surface area contributed by atoms with Gasteiger partial charge in [-0.25, -0.2) is 9.48 Å². The number of methoxy groups -OCH3 is 2. The summed E-state index contributed by atoms with van der Waals surface area (Å²) in [5.74, 6) is -0.757. The Bertz CT molecular complexity index is 988. The molecule has 0 fully saturated rings. The molecule has 8 nitrogen and oxygen atoms in total. The average molecular weight is 404 g/mol. The molecule has 0 saturated heterocycles. The van der Waals surface area contributed by atoms with Crippen molar-refractivity contribution in [3.05, 3.63) is 45.7 Å². The number of nitriles is 1. The molecule has 0 unspecified atom stereocenters. The van der Waals surface area contributed by atoms with E-state index in [0.29, 0.717) is 17.0 Å². The van der Waals surface area contributed by atoms with Crippen LogP contribution in [0.15, 0.2) is 23.8 Å². The lowest BCUT2D eigenvalue weighted by molar-refractivity contribution is -0.142. The van der Waals surface area contributed by atoms with Crippen LogP contribution in [0.1, 0.15) is 21.7 Å². The number of aromatic nitrogens is 2. The molecular weight excluding hydrogens is 386 g/mol. The van der Waals surface area contributed by atoms with Crippen LogP contribution in [0.3, 0.4) is 0 Å². The van der Waals surface area contributed by atoms with Crippen LogP contribution in [0.25, 0.3) is 6.08 Å². The van der Waals surface area contributed by atoms with Crippen molar-refractivity contribution in [3.63, 3.8) is 0 Å². The van der Waals surface area contributed by atoms with E-state index in [9.17, 15) is 14.9 Å². The number of hydrogen-bond donors (Lipinski definition) is 0. The van der Waals surface area contributed by atoms with Crippen LogP contribution in [-0.2, 0) is 9.53 Å². The number of carbonyl (C=O) groups excluding carboxylic acids is 2. The van der Waals surface area contributed by atoms with E-state index in [1.54, 1.807) is 19.9 Å². The number of aryl methyl sites for hydroxylation is 2. The van der Waals surface area contributed by atoms with Crippen molar-refractivity contribution in [2.45, 2.75) is 13.8 Å². The largest absolute Gasteiger partial charge is 0.493 e. The molecule has 2 aromatic rings. The number of allylic oxidation sites excluding steroid dienone is 1. The summed E-state index contributed by atoms with van der Waals surface area (Å²) in [7, 11) is 2.64. The molecule has 0 amide bonds. The summed E-state index contributed by atoms with van der Waals surface area (Å²) in [6.07, 6.45) is 1.37. The van der Waals surface area contributed by atoms with Crippen molar-refractivity contribution in [3.8, 4) is 17.6 Å². The topological polar surface area (TPSA) is 103 Å². The number of rotatable bonds is 6. The summed E-state index contributed by atoms with van der Waals surface area (Å²) >= 11 is 6.22. The first-order chi connectivity index (χ1) is 13.3. The highest BCUT2D eigenvalue weighted by Crippen LogP contribution is 2.37. The molecule has 0 aliphatic carbocycles. The molecule has 1 heterocycles. The molecule has 146 valence electrons. The third kappa shape index (κ3) is 4.69. The predicted molar refractivity (Wildman–Crippen MR) is 101 cm³/mol. The average Bonchev–Trinajstić information content (AvgIpc) is 3.01. The maximum absolute atomic E-state index is 12.6. The number of halogens is 1. The second-order valence-electron chi connectivity index (χ2n) is 5.71. The Morgan fingerprint density at radius 3 is 2.54 bits per heavy atom. The molecule has 1 aromatic heterocycles. The minimum atomic E-state index is -0.579. The minimum absolute atomic E-state index is 0.132. The lowest BCUT2D eigenvalue weighted by atomic mass is 10.1. The fourth-order valence-electron chi connectivity index (χ4n) is 2.41. The van der Waals surface area contributed by atoms with Crippen molar-refractivity contribution >= 4 is 29.6 Å². The van der Waals surface area contributed by atoms with Crippen LogP contribution in [-0.4, -0.2) is 42.5 Å². The Kier molecular flexibility index (Phi) is 6.79. The van der Waals surface area contributed by atoms with Crippen molar-refractivity contribution in [2.75, 3.05) is 20.8 Å². The highest BCUT2D eigenvalue weighted by molar-refractivity contribution is 6.32. The molecule has 0 N–H and O–H groups in total. The summed E-state index contributed by atoms with van der Waals surface area (Å²) in [4.78, 5) is 23.9. The van der Waals surface area contributed by atoms with Gasteiger partial charge in [-0.2, -0.15) is 10.4 Å². The lowest BCUT2D eigenvalue weighted by Crippen LogP contribution is -2.15. The Balaban J connectivity index is 2.39. The molecule has 0 saturated carbocycles. The molecule has 0 aliphatic rings. The van der Waals surface area contributed by atoms with Gasteiger partial charge in [-0.3, -0.25) is 4.79 Å². The van der Waals surface area contributed by atoms with Gasteiger partial charge in [0.2, 0.25) is 0 Å². The van der Waals surface area contributed by atoms with Gasteiger partial charge in [0.05, 0.1) is 24.9 Å². The molecule has 9 heteroatoms. The summed E-state index contributed by atoms with van der Waals surface area (Å²) < 4.78 is 16.3. The molecule has 0 atom stereocenters. The molecule has 0 bridgehead atoms. The third-order valence-corrected chi connectivity index (χ3v) is 3.96. The van der Waals surface area contributed by atoms with E-state index < -0.39 is 11.9 Å². The highest BCUT2D eigenvalue weighted by atomic mass is 35.5. The zero-order valence-corrected chi connectivity index (χ0v) is 16.5. The van der Waals surface area contributed by atoms with Gasteiger partial charge in [-0.1, -0.05) is 11.6 Å². The fourth-order valence-corrected chi connectivity index (χ4v) is 2.68. The van der Waals surface area contributed by atoms with E-state index >= 15 is 0 Å². The number of nitrogens with zero attached hydrogens (tertiary/aromatic N) is 3. The molecule has 2 rings (SSSR count). The predicted octanol–water partition coefficient (Wildman–Crippen LogP) is 2.96. The van der Waals surface area contributed by atoms with E-state index in [2.05, 4.69) is 9.84 Å². The van der Waals surface area contributed by atoms with E-state index in [0.717, 1.165) is 4.68 Å². The maximum Gasteiger partial charge on any atom is 0.343 e. The number of ether oxygens (including phenoxy) is 3. The first kappa shape index (κ1) is 21.0. The summed E-state index contributed by atoms with van der Waals surface area (Å²) in [6, 6.07) is 6.64. The standard InChI is InChI=1S/C19H18ClN3O5/c1-11-5-12(2)23(22-11)19(25)14(9-21)6-13-7-15(20)18(16(8-13)26-3)28-10-17(24)27-4/h5-8H,10H2,1-4H3/b14-6+. The van der Waals surface area contributed by atoms with Crippen LogP contribution in [0, 0.1) is 25.2 Å². The second-order valence-corrected chi connectivity index (χ2v) is 6.12. The Labute approximate surface area is 166 Å². The number of esters is 1. The van der Waals surface area contributed by atoms with Gasteiger partial charge in [0.15, 0.2) is 18.1 Å². The zero-order valence-electron chi connectivity index (χ0n) is 15.8. The highest BCUT2D eigenvalue weighted by Gasteiger charge is 2.18. The van der Waals surface area contributed by atoms with Crippen LogP contribution >= 0.6 is 11.6 Å². The zero-order chi connectivity index (χ0) is 20.8. The molecule has 28 heavy (non-hydrogen) atoms. The molecule has 0 radical (unpaired) electrons. The van der Waals surface area contributed by atoms with Gasteiger partial charge in [-0.15, -0.1) is 0 Å². The SMILES string of the molecule is COC(=O)COc1c(Cl)cc(/C=C(\C#N)C(=O)n2nc(C)cc2C)cc1OC. The smallest absolute Gasteiger partial charge is 0.343 e. The Hall–Kier alpha value is -3.31. The molecular formula is C19H18ClN3O5. The quantitative estimate of drug-likeness (QED) is 0.415. The van der Waals surface area contributed by atoms with Gasteiger partial charge < -0.3 is 14.2 Å². The van der Waals surface area contributed by atoms with Gasteiger partial charge in [0.25, 0.3) is 5.91 Å². The van der Waals surface area contributed by atoms with Crippen molar-refractivity contribution in [1.82, 2.24) is 9.78 Å². The second kappa shape index (κ2) is 9.06. The van der Waals surface area contributed by atoms with Crippen LogP contribution in [0.5, 0.6) is 11.5 Å². The van der Waals surface area contributed by atoms with Crippen molar-refractivity contribution in [1.29, 1.82) is 5.26 Å². The van der Waals surface area contributed by atoms with Gasteiger partial charge in [0, 0.05) is 5.69 Å². The van der Waals surface area contributed by atoms with Gasteiger partial charge in [0.1, 0.15) is 11.6 Å². The normalized spacial score (nSPS) is 10.9. The summed E-state index contributed by atoms with van der Waals surface area (Å²) in [5, 5.41) is 13.7. The van der Waals surface area contributed by atoms with Crippen molar-refractivity contribution < 1.29 is 23.8 Å². The fraction of sp³-hybridized carbons (Fsp3) is 0.263. The van der Waals surface area contributed by atoms with Crippen molar-refractivity contribution in [2.24, 2.45) is 0 Å². The maximum atomic E-state index is 12.6. The Morgan fingerprint density at radius 1 is 1.29 bits per heavy atom. The van der Waals surface area contributed by atoms with Gasteiger partial charge >= 0.3 is 5.97 Å². The van der Waals surface area contributed by atoms with E-state index in [1.807, 2.05) is 6.07 Å². The lowest BCUT2D eigenvalue weighted by Gasteiger charge is -2.12.